The van der Waals surface area contributed by atoms with Crippen molar-refractivity contribution < 1.29 is 24.1 Å². The summed E-state index contributed by atoms with van der Waals surface area (Å²) in [6, 6.07) is 0. The molecule has 6 nitrogen and oxygen atoms in total. The average Bonchev–Trinajstić information content (AvgIpc) is 2.74. The third-order valence-corrected chi connectivity index (χ3v) is 3.42. The molecule has 1 aliphatic rings. The largest absolute Gasteiger partial charge is 0.351 e. The Balaban J connectivity index is 2.53. The minimum absolute atomic E-state index is 0.213. The normalized spacial score (nSPS) is 18.8. The summed E-state index contributed by atoms with van der Waals surface area (Å²) in [6.07, 6.45) is 3.61. The van der Waals surface area contributed by atoms with Crippen LogP contribution < -0.4 is 0 Å². The topological polar surface area (TPSA) is 65.1 Å². The van der Waals surface area contributed by atoms with Crippen molar-refractivity contribution in [1.29, 1.82) is 0 Å². The molecule has 0 saturated heterocycles. The van der Waals surface area contributed by atoms with Gasteiger partial charge in [0.05, 0.1) is 5.60 Å². The Morgan fingerprint density at radius 3 is 2.10 bits per heavy atom. The Hall–Kier alpha value is -1.24. The Kier molecular flexibility index (Phi) is 5.44. The minimum Gasteiger partial charge on any atom is -0.351 e. The lowest BCUT2D eigenvalue weighted by Gasteiger charge is -2.32. The molecule has 0 bridgehead atoms. The second-order valence-electron chi connectivity index (χ2n) is 5.53. The monoisotopic (exact) mass is 285 g/mol. The lowest BCUT2D eigenvalue weighted by molar-refractivity contribution is -0.455. The standard InChI is InChI=1S/C14H23NO5/c1-6-13(2,3)19-20-14(4,18-5)9-10-15-11(16)7-8-12(15)17/h7-8H,6,9-10H2,1-5H3. The van der Waals surface area contributed by atoms with Crippen LogP contribution >= 0.6 is 0 Å². The van der Waals surface area contributed by atoms with Crippen LogP contribution in [0, 0.1) is 0 Å². The van der Waals surface area contributed by atoms with Crippen LogP contribution in [0.15, 0.2) is 12.2 Å². The Labute approximate surface area is 119 Å². The number of carbonyl (C=O) groups is 2. The number of hydrogen-bond donors (Lipinski definition) is 0. The van der Waals surface area contributed by atoms with Crippen LogP contribution in [0.5, 0.6) is 0 Å². The maximum absolute atomic E-state index is 11.5. The van der Waals surface area contributed by atoms with Crippen molar-refractivity contribution in [2.45, 2.75) is 51.9 Å². The van der Waals surface area contributed by atoms with Gasteiger partial charge in [0.25, 0.3) is 11.8 Å². The molecule has 0 saturated carbocycles. The Morgan fingerprint density at radius 2 is 1.65 bits per heavy atom. The average molecular weight is 285 g/mol. The number of methoxy groups -OCH3 is 1. The van der Waals surface area contributed by atoms with E-state index in [-0.39, 0.29) is 18.4 Å². The first-order valence-corrected chi connectivity index (χ1v) is 6.68. The van der Waals surface area contributed by atoms with Crippen molar-refractivity contribution in [2.24, 2.45) is 0 Å². The predicted octanol–water partition coefficient (Wildman–Crippen LogP) is 1.80. The van der Waals surface area contributed by atoms with E-state index in [0.29, 0.717) is 6.42 Å². The molecule has 1 atom stereocenters. The fourth-order valence-corrected chi connectivity index (χ4v) is 1.40. The molecule has 114 valence electrons. The van der Waals surface area contributed by atoms with Crippen LogP contribution in [0.2, 0.25) is 0 Å². The highest BCUT2D eigenvalue weighted by Crippen LogP contribution is 2.23. The lowest BCUT2D eigenvalue weighted by atomic mass is 10.1. The van der Waals surface area contributed by atoms with E-state index in [1.165, 1.54) is 19.3 Å². The van der Waals surface area contributed by atoms with E-state index < -0.39 is 11.4 Å². The summed E-state index contributed by atoms with van der Waals surface area (Å²) >= 11 is 0. The van der Waals surface area contributed by atoms with Gasteiger partial charge in [-0.1, -0.05) is 6.92 Å². The Morgan fingerprint density at radius 1 is 1.10 bits per heavy atom. The van der Waals surface area contributed by atoms with Gasteiger partial charge in [0.15, 0.2) is 5.79 Å². The van der Waals surface area contributed by atoms with E-state index >= 15 is 0 Å². The van der Waals surface area contributed by atoms with Gasteiger partial charge in [-0.25, -0.2) is 9.78 Å². The number of nitrogens with zero attached hydrogens (tertiary/aromatic N) is 1. The molecule has 1 unspecified atom stereocenters. The summed E-state index contributed by atoms with van der Waals surface area (Å²) in [4.78, 5) is 34.8. The molecular weight excluding hydrogens is 262 g/mol. The van der Waals surface area contributed by atoms with Crippen molar-refractivity contribution in [3.05, 3.63) is 12.2 Å². The summed E-state index contributed by atoms with van der Waals surface area (Å²) in [5.74, 6) is -1.65. The molecule has 0 spiro atoms. The molecule has 2 amide bonds. The van der Waals surface area contributed by atoms with Gasteiger partial charge < -0.3 is 4.74 Å². The van der Waals surface area contributed by atoms with Crippen LogP contribution in [0.3, 0.4) is 0 Å². The molecule has 0 radical (unpaired) electrons. The molecule has 1 heterocycles. The quantitative estimate of drug-likeness (QED) is 0.294. The second kappa shape index (κ2) is 6.47. The van der Waals surface area contributed by atoms with Gasteiger partial charge in [-0.05, 0) is 27.2 Å². The molecular formula is C14H23NO5. The third-order valence-electron chi connectivity index (χ3n) is 3.42. The van der Waals surface area contributed by atoms with E-state index in [9.17, 15) is 9.59 Å². The zero-order valence-corrected chi connectivity index (χ0v) is 12.8. The maximum atomic E-state index is 11.5. The molecule has 0 aromatic rings. The number of rotatable bonds is 8. The highest BCUT2D eigenvalue weighted by molar-refractivity contribution is 6.12. The van der Waals surface area contributed by atoms with Crippen LogP contribution in [0.4, 0.5) is 0 Å². The Bertz CT molecular complexity index is 386. The molecule has 6 heteroatoms. The van der Waals surface area contributed by atoms with Crippen molar-refractivity contribution in [2.75, 3.05) is 13.7 Å². The highest BCUT2D eigenvalue weighted by atomic mass is 17.2. The first-order valence-electron chi connectivity index (χ1n) is 6.68. The van der Waals surface area contributed by atoms with E-state index in [1.54, 1.807) is 6.92 Å². The summed E-state index contributed by atoms with van der Waals surface area (Å²) in [6.45, 7) is 7.71. The molecule has 0 aromatic heterocycles. The minimum atomic E-state index is -1.02. The summed E-state index contributed by atoms with van der Waals surface area (Å²) < 4.78 is 5.29. The number of amides is 2. The fraction of sp³-hybridized carbons (Fsp3) is 0.714. The van der Waals surface area contributed by atoms with Gasteiger partial charge in [0.2, 0.25) is 0 Å². The first kappa shape index (κ1) is 16.8. The fourth-order valence-electron chi connectivity index (χ4n) is 1.40. The number of carbonyl (C=O) groups excluding carboxylic acids is 2. The summed E-state index contributed by atoms with van der Waals surface area (Å²) in [7, 11) is 1.49. The summed E-state index contributed by atoms with van der Waals surface area (Å²) in [5.41, 5.74) is -0.430. The van der Waals surface area contributed by atoms with Crippen molar-refractivity contribution in [3.63, 3.8) is 0 Å². The van der Waals surface area contributed by atoms with Crippen molar-refractivity contribution in [3.8, 4) is 0 Å². The van der Waals surface area contributed by atoms with E-state index in [2.05, 4.69) is 0 Å². The van der Waals surface area contributed by atoms with E-state index in [0.717, 1.165) is 11.3 Å². The first-order chi connectivity index (χ1) is 9.23. The van der Waals surface area contributed by atoms with Gasteiger partial charge in [0, 0.05) is 32.2 Å². The van der Waals surface area contributed by atoms with Gasteiger partial charge >= 0.3 is 0 Å². The maximum Gasteiger partial charge on any atom is 0.253 e. The highest BCUT2D eigenvalue weighted by Gasteiger charge is 2.33. The molecule has 20 heavy (non-hydrogen) atoms. The van der Waals surface area contributed by atoms with Crippen molar-refractivity contribution >= 4 is 11.8 Å². The zero-order chi connectivity index (χ0) is 15.4. The zero-order valence-electron chi connectivity index (χ0n) is 12.8. The van der Waals surface area contributed by atoms with Gasteiger partial charge in [0.1, 0.15) is 0 Å². The molecule has 1 rings (SSSR count). The van der Waals surface area contributed by atoms with Crippen molar-refractivity contribution in [1.82, 2.24) is 4.90 Å². The molecule has 0 fully saturated rings. The SMILES string of the molecule is CCC(C)(C)OOC(C)(CCN1C(=O)C=CC1=O)OC. The van der Waals surface area contributed by atoms with Gasteiger partial charge in [-0.3, -0.25) is 14.5 Å². The molecule has 0 aromatic carbocycles. The van der Waals surface area contributed by atoms with Crippen LogP contribution in [-0.4, -0.2) is 41.8 Å². The van der Waals surface area contributed by atoms with E-state index in [1.807, 2.05) is 20.8 Å². The second-order valence-corrected chi connectivity index (χ2v) is 5.53. The molecule has 1 aliphatic heterocycles. The molecule has 0 N–H and O–H groups in total. The molecule has 0 aliphatic carbocycles. The number of imide groups is 1. The summed E-state index contributed by atoms with van der Waals surface area (Å²) in [5, 5.41) is 0. The van der Waals surface area contributed by atoms with Gasteiger partial charge in [-0.2, -0.15) is 0 Å². The van der Waals surface area contributed by atoms with Crippen LogP contribution in [0.25, 0.3) is 0 Å². The van der Waals surface area contributed by atoms with E-state index in [4.69, 9.17) is 14.5 Å². The lowest BCUT2D eigenvalue weighted by Crippen LogP contribution is -2.41. The third kappa shape index (κ3) is 4.40. The van der Waals surface area contributed by atoms with Gasteiger partial charge in [-0.15, -0.1) is 0 Å². The predicted molar refractivity (Wildman–Crippen MR) is 72.4 cm³/mol. The number of ether oxygens (including phenoxy) is 1. The smallest absolute Gasteiger partial charge is 0.253 e. The van der Waals surface area contributed by atoms with Crippen LogP contribution in [0.1, 0.15) is 40.5 Å². The van der Waals surface area contributed by atoms with Crippen LogP contribution in [-0.2, 0) is 24.1 Å². The number of hydrogen-bond acceptors (Lipinski definition) is 5.